The molecule has 2 fully saturated rings. The number of carbonyl (C=O) groups is 3. The van der Waals surface area contributed by atoms with E-state index < -0.39 is 6.17 Å². The Morgan fingerprint density at radius 3 is 2.72 bits per heavy atom. The molecule has 3 heterocycles. The summed E-state index contributed by atoms with van der Waals surface area (Å²) in [6, 6.07) is 7.09. The predicted molar refractivity (Wildman–Crippen MR) is 134 cm³/mol. The highest BCUT2D eigenvalue weighted by Crippen LogP contribution is 2.23. The molecule has 1 aromatic heterocycles. The highest BCUT2D eigenvalue weighted by molar-refractivity contribution is 6.07. The zero-order chi connectivity index (χ0) is 25.5. The maximum Gasteiger partial charge on any atom is 0.300 e. The Labute approximate surface area is 211 Å². The second kappa shape index (κ2) is 11.8. The van der Waals surface area contributed by atoms with Crippen LogP contribution in [0.2, 0.25) is 0 Å². The molecule has 0 unspecified atom stereocenters. The van der Waals surface area contributed by atoms with Gasteiger partial charge in [-0.25, -0.2) is 6.57 Å². The summed E-state index contributed by atoms with van der Waals surface area (Å²) in [4.78, 5) is 50.4. The van der Waals surface area contributed by atoms with Gasteiger partial charge in [-0.3, -0.25) is 34.0 Å². The van der Waals surface area contributed by atoms with Crippen LogP contribution in [-0.4, -0.2) is 96.0 Å². The molecule has 2 aliphatic heterocycles. The van der Waals surface area contributed by atoms with Crippen molar-refractivity contribution in [2.24, 2.45) is 0 Å². The van der Waals surface area contributed by atoms with Crippen molar-refractivity contribution in [2.45, 2.75) is 32.4 Å². The Bertz CT molecular complexity index is 1150. The molecule has 0 saturated carbocycles. The van der Waals surface area contributed by atoms with E-state index in [-0.39, 0.29) is 24.3 Å². The SMILES string of the molecule is [C-]#[N+][C@@H]1CCCN1C(=O)CNC(=O)c1ccnc2ccc(OCCCN3CCN(C(C)=O)CC3)cc12. The van der Waals surface area contributed by atoms with Crippen LogP contribution in [0.1, 0.15) is 36.5 Å². The molecule has 0 spiro atoms. The molecule has 10 nitrogen and oxygen atoms in total. The minimum atomic E-state index is -0.430. The molecule has 3 amide bonds. The number of nitrogens with zero attached hydrogens (tertiary/aromatic N) is 5. The topological polar surface area (TPSA) is 99.4 Å². The van der Waals surface area contributed by atoms with Crippen molar-refractivity contribution in [2.75, 3.05) is 52.4 Å². The number of benzene rings is 1. The van der Waals surface area contributed by atoms with Crippen LogP contribution in [0.25, 0.3) is 15.7 Å². The van der Waals surface area contributed by atoms with E-state index in [1.54, 1.807) is 25.3 Å². The van der Waals surface area contributed by atoms with Gasteiger partial charge < -0.3 is 15.0 Å². The lowest BCUT2D eigenvalue weighted by Crippen LogP contribution is -2.48. The molecule has 1 N–H and O–H groups in total. The number of ether oxygens (including phenoxy) is 1. The summed E-state index contributed by atoms with van der Waals surface area (Å²) in [6.07, 6.45) is 3.48. The van der Waals surface area contributed by atoms with Crippen LogP contribution in [0.15, 0.2) is 30.5 Å². The number of carbonyl (C=O) groups excluding carboxylic acids is 3. The fraction of sp³-hybridized carbons (Fsp3) is 0.500. The Hall–Kier alpha value is -3.71. The molecular weight excluding hydrogens is 460 g/mol. The van der Waals surface area contributed by atoms with Crippen LogP contribution in [0.5, 0.6) is 5.75 Å². The van der Waals surface area contributed by atoms with Gasteiger partial charge in [-0.2, -0.15) is 0 Å². The Morgan fingerprint density at radius 2 is 1.97 bits per heavy atom. The first-order valence-electron chi connectivity index (χ1n) is 12.4. The van der Waals surface area contributed by atoms with Gasteiger partial charge in [0.2, 0.25) is 11.8 Å². The third-order valence-corrected chi connectivity index (χ3v) is 6.75. The minimum Gasteiger partial charge on any atom is -0.494 e. The van der Waals surface area contributed by atoms with Crippen molar-refractivity contribution in [3.8, 4) is 5.75 Å². The maximum atomic E-state index is 12.9. The van der Waals surface area contributed by atoms with Gasteiger partial charge in [-0.1, -0.05) is 0 Å². The predicted octanol–water partition coefficient (Wildman–Crippen LogP) is 1.77. The normalized spacial score (nSPS) is 18.2. The van der Waals surface area contributed by atoms with E-state index in [1.807, 2.05) is 17.0 Å². The van der Waals surface area contributed by atoms with Crippen LogP contribution < -0.4 is 10.1 Å². The highest BCUT2D eigenvalue weighted by atomic mass is 16.5. The second-order valence-corrected chi connectivity index (χ2v) is 9.11. The molecular formula is C26H32N6O4. The number of hydrogen-bond donors (Lipinski definition) is 1. The van der Waals surface area contributed by atoms with E-state index in [2.05, 4.69) is 20.0 Å². The van der Waals surface area contributed by atoms with E-state index in [0.29, 0.717) is 41.8 Å². The van der Waals surface area contributed by atoms with Gasteiger partial charge in [-0.15, -0.1) is 0 Å². The summed E-state index contributed by atoms with van der Waals surface area (Å²) >= 11 is 0. The first-order chi connectivity index (χ1) is 17.5. The summed E-state index contributed by atoms with van der Waals surface area (Å²) in [6.45, 7) is 14.0. The van der Waals surface area contributed by atoms with Gasteiger partial charge in [0, 0.05) is 64.2 Å². The molecule has 36 heavy (non-hydrogen) atoms. The Kier molecular flexibility index (Phi) is 8.33. The number of amides is 3. The fourth-order valence-corrected chi connectivity index (χ4v) is 4.70. The molecule has 2 aromatic rings. The number of hydrogen-bond acceptors (Lipinski definition) is 6. The van der Waals surface area contributed by atoms with Gasteiger partial charge in [0.05, 0.1) is 24.2 Å². The first-order valence-corrected chi connectivity index (χ1v) is 12.4. The average molecular weight is 493 g/mol. The van der Waals surface area contributed by atoms with Crippen molar-refractivity contribution in [3.05, 3.63) is 47.4 Å². The molecule has 0 radical (unpaired) electrons. The maximum absolute atomic E-state index is 12.9. The molecule has 4 rings (SSSR count). The van der Waals surface area contributed by atoms with Crippen molar-refractivity contribution in [1.82, 2.24) is 25.0 Å². The van der Waals surface area contributed by atoms with Crippen LogP contribution in [-0.2, 0) is 9.59 Å². The number of fused-ring (bicyclic) bond motifs is 1. The molecule has 1 aromatic carbocycles. The lowest BCUT2D eigenvalue weighted by Gasteiger charge is -2.34. The van der Waals surface area contributed by atoms with Crippen molar-refractivity contribution >= 4 is 28.6 Å². The lowest BCUT2D eigenvalue weighted by atomic mass is 10.1. The summed E-state index contributed by atoms with van der Waals surface area (Å²) in [5, 5.41) is 3.35. The van der Waals surface area contributed by atoms with E-state index in [4.69, 9.17) is 11.3 Å². The zero-order valence-electron chi connectivity index (χ0n) is 20.6. The fourth-order valence-electron chi connectivity index (χ4n) is 4.70. The van der Waals surface area contributed by atoms with Crippen molar-refractivity contribution < 1.29 is 19.1 Å². The van der Waals surface area contributed by atoms with Gasteiger partial charge in [0.1, 0.15) is 5.75 Å². The highest BCUT2D eigenvalue weighted by Gasteiger charge is 2.32. The van der Waals surface area contributed by atoms with Crippen LogP contribution in [0.4, 0.5) is 0 Å². The number of piperazine rings is 1. The molecule has 0 aliphatic carbocycles. The van der Waals surface area contributed by atoms with E-state index in [1.165, 1.54) is 4.90 Å². The number of likely N-dealkylation sites (tertiary alicyclic amines) is 1. The van der Waals surface area contributed by atoms with Crippen LogP contribution >= 0.6 is 0 Å². The standard InChI is InChI=1S/C26H32N6O4/c1-19(33)31-14-12-30(13-15-31)10-4-16-36-20-6-7-23-22(17-20)21(8-9-28-23)26(35)29-18-25(34)32-11-3-5-24(32)27-2/h6-9,17,24H,3-5,10-16,18H2,1H3,(H,29,35)/t24-/m0/s1. The van der Waals surface area contributed by atoms with Crippen LogP contribution in [0, 0.1) is 6.57 Å². The molecule has 0 bridgehead atoms. The van der Waals surface area contributed by atoms with Gasteiger partial charge in [-0.05, 0) is 37.1 Å². The number of pyridine rings is 1. The molecule has 2 saturated heterocycles. The van der Waals surface area contributed by atoms with Gasteiger partial charge >= 0.3 is 6.17 Å². The van der Waals surface area contributed by atoms with Crippen molar-refractivity contribution in [1.29, 1.82) is 0 Å². The molecule has 1 atom stereocenters. The average Bonchev–Trinajstić information content (AvgIpc) is 3.38. The quantitative estimate of drug-likeness (QED) is 0.445. The molecule has 10 heteroatoms. The van der Waals surface area contributed by atoms with E-state index in [9.17, 15) is 14.4 Å². The first kappa shape index (κ1) is 25.4. The smallest absolute Gasteiger partial charge is 0.300 e. The van der Waals surface area contributed by atoms with E-state index in [0.717, 1.165) is 45.6 Å². The Morgan fingerprint density at radius 1 is 1.17 bits per heavy atom. The zero-order valence-corrected chi connectivity index (χ0v) is 20.6. The number of aromatic nitrogens is 1. The van der Waals surface area contributed by atoms with Crippen LogP contribution in [0.3, 0.4) is 0 Å². The lowest BCUT2D eigenvalue weighted by molar-refractivity contribution is -0.131. The van der Waals surface area contributed by atoms with Gasteiger partial charge in [0.25, 0.3) is 5.91 Å². The van der Waals surface area contributed by atoms with Gasteiger partial charge in [0.15, 0.2) is 0 Å². The molecule has 190 valence electrons. The number of rotatable bonds is 8. The minimum absolute atomic E-state index is 0.128. The largest absolute Gasteiger partial charge is 0.494 e. The number of nitrogens with one attached hydrogen (secondary N) is 1. The van der Waals surface area contributed by atoms with E-state index >= 15 is 0 Å². The Balaban J connectivity index is 1.30. The second-order valence-electron chi connectivity index (χ2n) is 9.11. The third-order valence-electron chi connectivity index (χ3n) is 6.75. The summed E-state index contributed by atoms with van der Waals surface area (Å²) in [7, 11) is 0. The van der Waals surface area contributed by atoms with Crippen molar-refractivity contribution in [3.63, 3.8) is 0 Å². The summed E-state index contributed by atoms with van der Waals surface area (Å²) < 4.78 is 5.95. The summed E-state index contributed by atoms with van der Waals surface area (Å²) in [5.41, 5.74) is 1.09. The molecule has 2 aliphatic rings. The third kappa shape index (κ3) is 6.10. The summed E-state index contributed by atoms with van der Waals surface area (Å²) in [5.74, 6) is 0.172. The monoisotopic (exact) mass is 492 g/mol.